The third-order valence-electron chi connectivity index (χ3n) is 3.79. The quantitative estimate of drug-likeness (QED) is 0.905. The summed E-state index contributed by atoms with van der Waals surface area (Å²) in [6.07, 6.45) is 3.64. The number of anilines is 1. The highest BCUT2D eigenvalue weighted by Gasteiger charge is 2.25. The van der Waals surface area contributed by atoms with Gasteiger partial charge < -0.3 is 10.2 Å². The number of piperidine rings is 1. The fraction of sp³-hybridized carbons (Fsp3) is 0.533. The van der Waals surface area contributed by atoms with Crippen LogP contribution in [-0.4, -0.2) is 24.2 Å². The van der Waals surface area contributed by atoms with Gasteiger partial charge in [-0.3, -0.25) is 0 Å². The molecule has 1 aromatic carbocycles. The van der Waals surface area contributed by atoms with Crippen LogP contribution >= 0.6 is 0 Å². The van der Waals surface area contributed by atoms with Gasteiger partial charge in [-0.25, -0.2) is 5.01 Å². The standard InChI is InChI=1S/C15H21N3O/c1-11-5-4-6-12(2)18(11)17-15-9-14(19-3)8-7-13(15)10-16/h7-9,11-12,17H,4-6H2,1-3H3. The highest BCUT2D eigenvalue weighted by atomic mass is 16.5. The van der Waals surface area contributed by atoms with E-state index in [0.717, 1.165) is 11.4 Å². The summed E-state index contributed by atoms with van der Waals surface area (Å²) in [5, 5.41) is 11.4. The Morgan fingerprint density at radius 1 is 1.32 bits per heavy atom. The van der Waals surface area contributed by atoms with Gasteiger partial charge in [0.2, 0.25) is 0 Å². The van der Waals surface area contributed by atoms with Crippen LogP contribution in [0.25, 0.3) is 0 Å². The Balaban J connectivity index is 2.24. The SMILES string of the molecule is COc1ccc(C#N)c(NN2C(C)CCCC2C)c1. The minimum atomic E-state index is 0.474. The molecule has 102 valence electrons. The Hall–Kier alpha value is -1.73. The van der Waals surface area contributed by atoms with Crippen LogP contribution in [0, 0.1) is 11.3 Å². The molecule has 2 unspecified atom stereocenters. The minimum Gasteiger partial charge on any atom is -0.497 e. The zero-order chi connectivity index (χ0) is 13.8. The third kappa shape index (κ3) is 2.99. The van der Waals surface area contributed by atoms with Crippen molar-refractivity contribution in [3.63, 3.8) is 0 Å². The first-order valence-electron chi connectivity index (χ1n) is 6.79. The zero-order valence-corrected chi connectivity index (χ0v) is 11.8. The minimum absolute atomic E-state index is 0.474. The first-order valence-corrected chi connectivity index (χ1v) is 6.79. The lowest BCUT2D eigenvalue weighted by Gasteiger charge is -2.39. The predicted molar refractivity (Wildman–Crippen MR) is 75.9 cm³/mol. The van der Waals surface area contributed by atoms with Gasteiger partial charge in [-0.1, -0.05) is 6.42 Å². The van der Waals surface area contributed by atoms with Crippen molar-refractivity contribution in [2.45, 2.75) is 45.2 Å². The fourth-order valence-corrected chi connectivity index (χ4v) is 2.62. The van der Waals surface area contributed by atoms with Crippen LogP contribution in [0.4, 0.5) is 5.69 Å². The van der Waals surface area contributed by atoms with Gasteiger partial charge in [0.15, 0.2) is 0 Å². The normalized spacial score (nSPS) is 23.7. The molecule has 1 saturated heterocycles. The van der Waals surface area contributed by atoms with Crippen molar-refractivity contribution in [1.29, 1.82) is 5.26 Å². The summed E-state index contributed by atoms with van der Waals surface area (Å²) in [6.45, 7) is 4.43. The number of methoxy groups -OCH3 is 1. The largest absolute Gasteiger partial charge is 0.497 e. The molecule has 0 saturated carbocycles. The lowest BCUT2D eigenvalue weighted by molar-refractivity contribution is 0.135. The summed E-state index contributed by atoms with van der Waals surface area (Å²) in [5.74, 6) is 0.763. The molecule has 1 aromatic rings. The van der Waals surface area contributed by atoms with E-state index < -0.39 is 0 Å². The van der Waals surface area contributed by atoms with Crippen molar-refractivity contribution < 1.29 is 4.74 Å². The van der Waals surface area contributed by atoms with Gasteiger partial charge in [-0.15, -0.1) is 0 Å². The second-order valence-corrected chi connectivity index (χ2v) is 5.17. The van der Waals surface area contributed by atoms with E-state index in [4.69, 9.17) is 4.74 Å². The maximum atomic E-state index is 9.19. The molecule has 4 nitrogen and oxygen atoms in total. The molecule has 0 aliphatic carbocycles. The van der Waals surface area contributed by atoms with Crippen molar-refractivity contribution >= 4 is 5.69 Å². The number of hydrazine groups is 1. The Morgan fingerprint density at radius 3 is 2.58 bits per heavy atom. The van der Waals surface area contributed by atoms with Crippen LogP contribution in [0.2, 0.25) is 0 Å². The smallest absolute Gasteiger partial charge is 0.121 e. The van der Waals surface area contributed by atoms with Crippen molar-refractivity contribution in [3.8, 4) is 11.8 Å². The molecule has 0 aromatic heterocycles. The van der Waals surface area contributed by atoms with Crippen molar-refractivity contribution in [3.05, 3.63) is 23.8 Å². The monoisotopic (exact) mass is 259 g/mol. The van der Waals surface area contributed by atoms with E-state index in [0.29, 0.717) is 17.6 Å². The summed E-state index contributed by atoms with van der Waals surface area (Å²) in [4.78, 5) is 0. The predicted octanol–water partition coefficient (Wildman–Crippen LogP) is 3.16. The van der Waals surface area contributed by atoms with Crippen molar-refractivity contribution in [1.82, 2.24) is 5.01 Å². The number of nitriles is 1. The zero-order valence-electron chi connectivity index (χ0n) is 11.8. The molecule has 1 heterocycles. The van der Waals surface area contributed by atoms with Crippen LogP contribution in [-0.2, 0) is 0 Å². The van der Waals surface area contributed by atoms with Gasteiger partial charge in [-0.05, 0) is 38.8 Å². The molecule has 2 atom stereocenters. The molecule has 0 bridgehead atoms. The van der Waals surface area contributed by atoms with E-state index in [1.165, 1.54) is 19.3 Å². The van der Waals surface area contributed by atoms with Crippen molar-refractivity contribution in [2.24, 2.45) is 0 Å². The Bertz CT molecular complexity index is 471. The number of nitrogens with zero attached hydrogens (tertiary/aromatic N) is 2. The topological polar surface area (TPSA) is 48.3 Å². The van der Waals surface area contributed by atoms with Gasteiger partial charge >= 0.3 is 0 Å². The Labute approximate surface area is 114 Å². The van der Waals surface area contributed by atoms with Crippen molar-refractivity contribution in [2.75, 3.05) is 12.5 Å². The van der Waals surface area contributed by atoms with Gasteiger partial charge in [0.05, 0.1) is 18.4 Å². The molecule has 1 fully saturated rings. The summed E-state index contributed by atoms with van der Waals surface area (Å²) < 4.78 is 5.23. The number of nitrogens with one attached hydrogen (secondary N) is 1. The van der Waals surface area contributed by atoms with Crippen LogP contribution in [0.15, 0.2) is 18.2 Å². The van der Waals surface area contributed by atoms with Crippen LogP contribution in [0.1, 0.15) is 38.7 Å². The van der Waals surface area contributed by atoms with E-state index in [9.17, 15) is 5.26 Å². The Morgan fingerprint density at radius 2 is 2.00 bits per heavy atom. The van der Waals surface area contributed by atoms with E-state index in [1.54, 1.807) is 13.2 Å². The molecular weight excluding hydrogens is 238 g/mol. The van der Waals surface area contributed by atoms with Crippen LogP contribution < -0.4 is 10.2 Å². The maximum absolute atomic E-state index is 9.19. The van der Waals surface area contributed by atoms with Crippen LogP contribution in [0.5, 0.6) is 5.75 Å². The molecule has 0 radical (unpaired) electrons. The number of benzene rings is 1. The summed E-state index contributed by atoms with van der Waals surface area (Å²) >= 11 is 0. The summed E-state index contributed by atoms with van der Waals surface area (Å²) in [5.41, 5.74) is 4.87. The number of rotatable bonds is 3. The highest BCUT2D eigenvalue weighted by Crippen LogP contribution is 2.27. The second-order valence-electron chi connectivity index (χ2n) is 5.17. The summed E-state index contributed by atoms with van der Waals surface area (Å²) in [6, 6.07) is 8.65. The van der Waals surface area contributed by atoms with Gasteiger partial charge in [-0.2, -0.15) is 5.26 Å². The van der Waals surface area contributed by atoms with E-state index >= 15 is 0 Å². The van der Waals surface area contributed by atoms with E-state index in [-0.39, 0.29) is 0 Å². The molecule has 1 aliphatic heterocycles. The molecule has 0 spiro atoms. The fourth-order valence-electron chi connectivity index (χ4n) is 2.62. The maximum Gasteiger partial charge on any atom is 0.121 e. The lowest BCUT2D eigenvalue weighted by Crippen LogP contribution is -2.47. The van der Waals surface area contributed by atoms with E-state index in [1.807, 2.05) is 12.1 Å². The molecule has 2 rings (SSSR count). The number of hydrogen-bond acceptors (Lipinski definition) is 4. The Kier molecular flexibility index (Phi) is 4.28. The molecular formula is C15H21N3O. The molecule has 1 N–H and O–H groups in total. The highest BCUT2D eigenvalue weighted by molar-refractivity contribution is 5.60. The lowest BCUT2D eigenvalue weighted by atomic mass is 10.00. The van der Waals surface area contributed by atoms with E-state index in [2.05, 4.69) is 30.4 Å². The molecule has 19 heavy (non-hydrogen) atoms. The molecule has 1 aliphatic rings. The van der Waals surface area contributed by atoms with Gasteiger partial charge in [0.1, 0.15) is 11.8 Å². The molecule has 0 amide bonds. The first kappa shape index (κ1) is 13.7. The summed E-state index contributed by atoms with van der Waals surface area (Å²) in [7, 11) is 1.64. The average Bonchev–Trinajstić information content (AvgIpc) is 2.42. The van der Waals surface area contributed by atoms with Crippen LogP contribution in [0.3, 0.4) is 0 Å². The first-order chi connectivity index (χ1) is 9.15. The van der Waals surface area contributed by atoms with Gasteiger partial charge in [0, 0.05) is 18.2 Å². The molecule has 4 heteroatoms. The average molecular weight is 259 g/mol. The number of ether oxygens (including phenoxy) is 1. The second kappa shape index (κ2) is 5.94. The number of hydrogen-bond donors (Lipinski definition) is 1. The third-order valence-corrected chi connectivity index (χ3v) is 3.79. The van der Waals surface area contributed by atoms with Gasteiger partial charge in [0.25, 0.3) is 0 Å².